The standard InChI is InChI=1S/C16H15ClN2O3/c1-11-2-7-15(20)12(8-11)9-18-19-16(21)10-22-14-5-3-13(17)4-6-14/h2-9,20H,10H2,1H3,(H,19,21). The van der Waals surface area contributed by atoms with E-state index in [0.29, 0.717) is 16.3 Å². The Bertz CT molecular complexity index is 684. The molecule has 2 aromatic carbocycles. The maximum Gasteiger partial charge on any atom is 0.277 e. The van der Waals surface area contributed by atoms with Crippen LogP contribution in [0.1, 0.15) is 11.1 Å². The number of rotatable bonds is 5. The molecule has 0 atom stereocenters. The molecule has 0 saturated heterocycles. The van der Waals surface area contributed by atoms with Crippen LogP contribution in [0.5, 0.6) is 11.5 Å². The van der Waals surface area contributed by atoms with E-state index in [4.69, 9.17) is 16.3 Å². The van der Waals surface area contributed by atoms with Gasteiger partial charge in [-0.3, -0.25) is 4.79 Å². The summed E-state index contributed by atoms with van der Waals surface area (Å²) < 4.78 is 5.27. The first-order valence-electron chi connectivity index (χ1n) is 6.54. The van der Waals surface area contributed by atoms with Crippen LogP contribution in [0.25, 0.3) is 0 Å². The lowest BCUT2D eigenvalue weighted by molar-refractivity contribution is -0.123. The quantitative estimate of drug-likeness (QED) is 0.658. The fourth-order valence-electron chi connectivity index (χ4n) is 1.66. The number of hydrogen-bond acceptors (Lipinski definition) is 4. The smallest absolute Gasteiger partial charge is 0.277 e. The van der Waals surface area contributed by atoms with Crippen LogP contribution in [0.4, 0.5) is 0 Å². The van der Waals surface area contributed by atoms with Gasteiger partial charge in [0.15, 0.2) is 6.61 Å². The summed E-state index contributed by atoms with van der Waals surface area (Å²) >= 11 is 5.75. The monoisotopic (exact) mass is 318 g/mol. The van der Waals surface area contributed by atoms with Gasteiger partial charge in [0.25, 0.3) is 5.91 Å². The number of halogens is 1. The second kappa shape index (κ2) is 7.47. The third kappa shape index (κ3) is 4.79. The second-order valence-electron chi connectivity index (χ2n) is 4.60. The molecule has 6 heteroatoms. The number of carbonyl (C=O) groups excluding carboxylic acids is 1. The number of aryl methyl sites for hydroxylation is 1. The highest BCUT2D eigenvalue weighted by molar-refractivity contribution is 6.30. The van der Waals surface area contributed by atoms with E-state index in [1.807, 2.05) is 6.92 Å². The highest BCUT2D eigenvalue weighted by Gasteiger charge is 2.02. The molecule has 2 rings (SSSR count). The molecule has 0 saturated carbocycles. The van der Waals surface area contributed by atoms with Crippen molar-refractivity contribution in [2.24, 2.45) is 5.10 Å². The number of ether oxygens (including phenoxy) is 1. The molecule has 0 spiro atoms. The van der Waals surface area contributed by atoms with Crippen molar-refractivity contribution >= 4 is 23.7 Å². The summed E-state index contributed by atoms with van der Waals surface area (Å²) in [5.74, 6) is 0.235. The predicted octanol–water partition coefficient (Wildman–Crippen LogP) is 2.88. The second-order valence-corrected chi connectivity index (χ2v) is 5.03. The van der Waals surface area contributed by atoms with Crippen molar-refractivity contribution in [2.45, 2.75) is 6.92 Å². The van der Waals surface area contributed by atoms with E-state index in [1.54, 1.807) is 42.5 Å². The molecule has 0 fully saturated rings. The molecule has 0 unspecified atom stereocenters. The van der Waals surface area contributed by atoms with Gasteiger partial charge in [-0.05, 0) is 43.3 Å². The van der Waals surface area contributed by atoms with Crippen LogP contribution in [-0.2, 0) is 4.79 Å². The zero-order chi connectivity index (χ0) is 15.9. The van der Waals surface area contributed by atoms with E-state index >= 15 is 0 Å². The van der Waals surface area contributed by atoms with E-state index in [0.717, 1.165) is 5.56 Å². The molecular formula is C16H15ClN2O3. The van der Waals surface area contributed by atoms with Gasteiger partial charge in [0.2, 0.25) is 0 Å². The molecule has 0 bridgehead atoms. The van der Waals surface area contributed by atoms with Gasteiger partial charge in [0.05, 0.1) is 6.21 Å². The lowest BCUT2D eigenvalue weighted by Crippen LogP contribution is -2.24. The largest absolute Gasteiger partial charge is 0.507 e. The van der Waals surface area contributed by atoms with Crippen LogP contribution in [0, 0.1) is 6.92 Å². The van der Waals surface area contributed by atoms with Crippen LogP contribution < -0.4 is 10.2 Å². The van der Waals surface area contributed by atoms with Gasteiger partial charge >= 0.3 is 0 Å². The molecule has 22 heavy (non-hydrogen) atoms. The Balaban J connectivity index is 1.83. The number of benzene rings is 2. The lowest BCUT2D eigenvalue weighted by atomic mass is 10.1. The number of nitrogens with zero attached hydrogens (tertiary/aromatic N) is 1. The molecule has 2 N–H and O–H groups in total. The minimum Gasteiger partial charge on any atom is -0.507 e. The molecule has 0 aliphatic carbocycles. The number of hydrogen-bond donors (Lipinski definition) is 2. The van der Waals surface area contributed by atoms with Gasteiger partial charge in [-0.1, -0.05) is 23.2 Å². The minimum absolute atomic E-state index is 0.0982. The van der Waals surface area contributed by atoms with Crippen molar-refractivity contribution in [1.29, 1.82) is 0 Å². The van der Waals surface area contributed by atoms with E-state index < -0.39 is 5.91 Å². The molecule has 0 aliphatic rings. The summed E-state index contributed by atoms with van der Waals surface area (Å²) in [6.45, 7) is 1.73. The van der Waals surface area contributed by atoms with Gasteiger partial charge < -0.3 is 9.84 Å². The number of carbonyl (C=O) groups is 1. The fraction of sp³-hybridized carbons (Fsp3) is 0.125. The zero-order valence-corrected chi connectivity index (χ0v) is 12.7. The average molecular weight is 319 g/mol. The highest BCUT2D eigenvalue weighted by atomic mass is 35.5. The minimum atomic E-state index is -0.404. The predicted molar refractivity (Wildman–Crippen MR) is 85.5 cm³/mol. The van der Waals surface area contributed by atoms with Gasteiger partial charge in [-0.15, -0.1) is 0 Å². The first-order valence-corrected chi connectivity index (χ1v) is 6.92. The SMILES string of the molecule is Cc1ccc(O)c(C=NNC(=O)COc2ccc(Cl)cc2)c1. The Morgan fingerprint density at radius 1 is 1.32 bits per heavy atom. The van der Waals surface area contributed by atoms with Crippen LogP contribution in [0.3, 0.4) is 0 Å². The number of aromatic hydroxyl groups is 1. The van der Waals surface area contributed by atoms with Crippen molar-refractivity contribution < 1.29 is 14.6 Å². The van der Waals surface area contributed by atoms with Crippen LogP contribution >= 0.6 is 11.6 Å². The van der Waals surface area contributed by atoms with Crippen molar-refractivity contribution in [1.82, 2.24) is 5.43 Å². The maximum absolute atomic E-state index is 11.6. The molecule has 0 aliphatic heterocycles. The zero-order valence-electron chi connectivity index (χ0n) is 11.9. The average Bonchev–Trinajstić information content (AvgIpc) is 2.50. The molecule has 0 aromatic heterocycles. The Labute approximate surface area is 133 Å². The summed E-state index contributed by atoms with van der Waals surface area (Å²) in [7, 11) is 0. The molecule has 0 radical (unpaired) electrons. The first-order chi connectivity index (χ1) is 10.5. The van der Waals surface area contributed by atoms with Crippen LogP contribution in [0.2, 0.25) is 5.02 Å². The molecule has 0 heterocycles. The number of amides is 1. The van der Waals surface area contributed by atoms with Crippen molar-refractivity contribution in [2.75, 3.05) is 6.61 Å². The number of hydrazone groups is 1. The Morgan fingerprint density at radius 3 is 2.77 bits per heavy atom. The highest BCUT2D eigenvalue weighted by Crippen LogP contribution is 2.16. The first kappa shape index (κ1) is 15.9. The van der Waals surface area contributed by atoms with Gasteiger partial charge in [-0.2, -0.15) is 5.10 Å². The van der Waals surface area contributed by atoms with Crippen LogP contribution in [0.15, 0.2) is 47.6 Å². The van der Waals surface area contributed by atoms with Gasteiger partial charge in [0, 0.05) is 10.6 Å². The van der Waals surface area contributed by atoms with Crippen molar-refractivity contribution in [3.63, 3.8) is 0 Å². The van der Waals surface area contributed by atoms with E-state index in [1.165, 1.54) is 6.21 Å². The normalized spacial score (nSPS) is 10.6. The van der Waals surface area contributed by atoms with E-state index in [2.05, 4.69) is 10.5 Å². The van der Waals surface area contributed by atoms with Gasteiger partial charge in [-0.25, -0.2) is 5.43 Å². The Morgan fingerprint density at radius 2 is 2.05 bits per heavy atom. The topological polar surface area (TPSA) is 70.9 Å². The summed E-state index contributed by atoms with van der Waals surface area (Å²) in [5.41, 5.74) is 3.84. The maximum atomic E-state index is 11.6. The summed E-state index contributed by atoms with van der Waals surface area (Å²) in [6.07, 6.45) is 1.38. The lowest BCUT2D eigenvalue weighted by Gasteiger charge is -2.05. The van der Waals surface area contributed by atoms with Gasteiger partial charge in [0.1, 0.15) is 11.5 Å². The molecular weight excluding hydrogens is 304 g/mol. The Kier molecular flexibility index (Phi) is 5.38. The number of phenolic OH excluding ortho intramolecular Hbond substituents is 1. The van der Waals surface area contributed by atoms with Crippen LogP contribution in [-0.4, -0.2) is 23.8 Å². The molecule has 114 valence electrons. The number of nitrogens with one attached hydrogen (secondary N) is 1. The molecule has 2 aromatic rings. The third-order valence-corrected chi connectivity index (χ3v) is 3.01. The summed E-state index contributed by atoms with van der Waals surface area (Å²) in [6, 6.07) is 11.8. The molecule has 5 nitrogen and oxygen atoms in total. The summed E-state index contributed by atoms with van der Waals surface area (Å²) in [5, 5.41) is 14.0. The van der Waals surface area contributed by atoms with Crippen molar-refractivity contribution in [3.8, 4) is 11.5 Å². The number of phenols is 1. The van der Waals surface area contributed by atoms with E-state index in [-0.39, 0.29) is 12.4 Å². The summed E-state index contributed by atoms with van der Waals surface area (Å²) in [4.78, 5) is 11.6. The molecule has 1 amide bonds. The van der Waals surface area contributed by atoms with Crippen molar-refractivity contribution in [3.05, 3.63) is 58.6 Å². The fourth-order valence-corrected chi connectivity index (χ4v) is 1.79. The third-order valence-electron chi connectivity index (χ3n) is 2.76. The van der Waals surface area contributed by atoms with E-state index in [9.17, 15) is 9.90 Å². The Hall–Kier alpha value is -2.53.